The number of hydrogen-bond donors (Lipinski definition) is 1. The van der Waals surface area contributed by atoms with Crippen LogP contribution in [0.25, 0.3) is 0 Å². The molecule has 3 heteroatoms. The molecule has 0 saturated heterocycles. The topological polar surface area (TPSA) is 38.5 Å². The molecule has 0 aromatic rings. The quantitative estimate of drug-likeness (QED) is 0.664. The molecule has 3 nitrogen and oxygen atoms in total. The molecule has 0 amide bonds. The summed E-state index contributed by atoms with van der Waals surface area (Å²) in [5.74, 6) is 0. The minimum absolute atomic E-state index is 0.389. The summed E-state index contributed by atoms with van der Waals surface area (Å²) in [5.41, 5.74) is 6.43. The lowest BCUT2D eigenvalue weighted by Crippen LogP contribution is -2.44. The Balaban J connectivity index is 2.40. The molecule has 0 atom stereocenters. The molecule has 0 spiro atoms. The predicted molar refractivity (Wildman–Crippen MR) is 73.2 cm³/mol. The fourth-order valence-corrected chi connectivity index (χ4v) is 2.89. The fourth-order valence-electron chi connectivity index (χ4n) is 2.89. The van der Waals surface area contributed by atoms with Crippen LogP contribution in [-0.2, 0) is 4.74 Å². The molecule has 0 aromatic heterocycles. The average Bonchev–Trinajstić information content (AvgIpc) is 2.39. The van der Waals surface area contributed by atoms with E-state index in [9.17, 15) is 0 Å². The zero-order valence-electron chi connectivity index (χ0n) is 11.7. The van der Waals surface area contributed by atoms with Gasteiger partial charge in [-0.1, -0.05) is 26.2 Å². The van der Waals surface area contributed by atoms with E-state index < -0.39 is 0 Å². The fraction of sp³-hybridized carbons (Fsp3) is 1.00. The van der Waals surface area contributed by atoms with Crippen molar-refractivity contribution in [2.75, 3.05) is 39.4 Å². The first-order valence-corrected chi connectivity index (χ1v) is 7.26. The van der Waals surface area contributed by atoms with Gasteiger partial charge in [-0.2, -0.15) is 0 Å². The summed E-state index contributed by atoms with van der Waals surface area (Å²) in [5, 5.41) is 0. The van der Waals surface area contributed by atoms with Gasteiger partial charge in [0.05, 0.1) is 6.61 Å². The number of nitrogens with zero attached hydrogens (tertiary/aromatic N) is 1. The number of ether oxygens (including phenoxy) is 1. The van der Waals surface area contributed by atoms with Crippen molar-refractivity contribution >= 4 is 0 Å². The molecule has 102 valence electrons. The lowest BCUT2D eigenvalue weighted by atomic mass is 9.73. The van der Waals surface area contributed by atoms with E-state index in [1.807, 2.05) is 0 Å². The van der Waals surface area contributed by atoms with Crippen LogP contribution in [0.4, 0.5) is 0 Å². The van der Waals surface area contributed by atoms with Gasteiger partial charge in [0.25, 0.3) is 0 Å². The molecular weight excluding hydrogens is 212 g/mol. The van der Waals surface area contributed by atoms with Gasteiger partial charge in [-0.05, 0) is 38.3 Å². The molecule has 1 aliphatic carbocycles. The standard InChI is InChI=1S/C14H30N2O/c1-3-16(10-11-17-4-2)13-14(12-15)8-6-5-7-9-14/h3-13,15H2,1-2H3. The smallest absolute Gasteiger partial charge is 0.0593 e. The third-order valence-corrected chi connectivity index (χ3v) is 4.11. The highest BCUT2D eigenvalue weighted by atomic mass is 16.5. The average molecular weight is 242 g/mol. The number of nitrogens with two attached hydrogens (primary N) is 1. The highest BCUT2D eigenvalue weighted by Crippen LogP contribution is 2.35. The Bertz CT molecular complexity index is 191. The van der Waals surface area contributed by atoms with E-state index in [1.54, 1.807) is 0 Å². The zero-order valence-corrected chi connectivity index (χ0v) is 11.7. The van der Waals surface area contributed by atoms with Gasteiger partial charge < -0.3 is 15.4 Å². The van der Waals surface area contributed by atoms with E-state index in [1.165, 1.54) is 32.1 Å². The second kappa shape index (κ2) is 8.06. The summed E-state index contributed by atoms with van der Waals surface area (Å²) in [4.78, 5) is 2.51. The maximum atomic E-state index is 6.04. The van der Waals surface area contributed by atoms with Crippen molar-refractivity contribution in [1.29, 1.82) is 0 Å². The maximum absolute atomic E-state index is 6.04. The van der Waals surface area contributed by atoms with Gasteiger partial charge in [-0.3, -0.25) is 0 Å². The minimum Gasteiger partial charge on any atom is -0.380 e. The molecule has 0 heterocycles. The van der Waals surface area contributed by atoms with Gasteiger partial charge in [-0.25, -0.2) is 0 Å². The molecule has 1 rings (SSSR count). The largest absolute Gasteiger partial charge is 0.380 e. The SMILES string of the molecule is CCOCCN(CC)CC1(CN)CCCCC1. The normalized spacial score (nSPS) is 19.8. The van der Waals surface area contributed by atoms with Crippen LogP contribution in [0.5, 0.6) is 0 Å². The van der Waals surface area contributed by atoms with Crippen LogP contribution in [0, 0.1) is 5.41 Å². The number of rotatable bonds is 8. The van der Waals surface area contributed by atoms with Crippen molar-refractivity contribution < 1.29 is 4.74 Å². The van der Waals surface area contributed by atoms with Crippen LogP contribution in [-0.4, -0.2) is 44.3 Å². The third-order valence-electron chi connectivity index (χ3n) is 4.11. The van der Waals surface area contributed by atoms with E-state index in [0.717, 1.165) is 39.4 Å². The summed E-state index contributed by atoms with van der Waals surface area (Å²) in [6.45, 7) is 10.1. The molecule has 1 aliphatic rings. The molecule has 2 N–H and O–H groups in total. The molecule has 0 radical (unpaired) electrons. The number of hydrogen-bond acceptors (Lipinski definition) is 3. The minimum atomic E-state index is 0.389. The summed E-state index contributed by atoms with van der Waals surface area (Å²) >= 11 is 0. The Morgan fingerprint density at radius 2 is 1.88 bits per heavy atom. The van der Waals surface area contributed by atoms with E-state index in [-0.39, 0.29) is 0 Å². The molecule has 1 saturated carbocycles. The Hall–Kier alpha value is -0.120. The van der Waals surface area contributed by atoms with Crippen LogP contribution in [0.3, 0.4) is 0 Å². The molecule has 17 heavy (non-hydrogen) atoms. The van der Waals surface area contributed by atoms with Gasteiger partial charge in [0.1, 0.15) is 0 Å². The summed E-state index contributed by atoms with van der Waals surface area (Å²) in [6.07, 6.45) is 6.75. The third kappa shape index (κ3) is 4.94. The Labute approximate surface area is 107 Å². The first-order chi connectivity index (χ1) is 8.26. The molecule has 1 fully saturated rings. The lowest BCUT2D eigenvalue weighted by Gasteiger charge is -2.40. The molecule has 0 bridgehead atoms. The van der Waals surface area contributed by atoms with Crippen LogP contribution >= 0.6 is 0 Å². The van der Waals surface area contributed by atoms with E-state index in [4.69, 9.17) is 10.5 Å². The first kappa shape index (κ1) is 14.9. The molecule has 0 aromatic carbocycles. The van der Waals surface area contributed by atoms with Crippen molar-refractivity contribution in [3.05, 3.63) is 0 Å². The van der Waals surface area contributed by atoms with Gasteiger partial charge in [0.15, 0.2) is 0 Å². The van der Waals surface area contributed by atoms with Crippen molar-refractivity contribution in [3.8, 4) is 0 Å². The second-order valence-corrected chi connectivity index (χ2v) is 5.33. The predicted octanol–water partition coefficient (Wildman–Crippen LogP) is 2.25. The van der Waals surface area contributed by atoms with Crippen molar-refractivity contribution in [3.63, 3.8) is 0 Å². The van der Waals surface area contributed by atoms with Crippen LogP contribution < -0.4 is 5.73 Å². The molecule has 0 unspecified atom stereocenters. The van der Waals surface area contributed by atoms with Gasteiger partial charge in [0.2, 0.25) is 0 Å². The zero-order chi connectivity index (χ0) is 12.6. The highest BCUT2D eigenvalue weighted by Gasteiger charge is 2.32. The summed E-state index contributed by atoms with van der Waals surface area (Å²) < 4.78 is 5.45. The van der Waals surface area contributed by atoms with E-state index in [2.05, 4.69) is 18.7 Å². The molecule has 0 aliphatic heterocycles. The highest BCUT2D eigenvalue weighted by molar-refractivity contribution is 4.86. The lowest BCUT2D eigenvalue weighted by molar-refractivity contribution is 0.0750. The van der Waals surface area contributed by atoms with Crippen molar-refractivity contribution in [1.82, 2.24) is 4.90 Å². The van der Waals surface area contributed by atoms with E-state index in [0.29, 0.717) is 5.41 Å². The van der Waals surface area contributed by atoms with E-state index >= 15 is 0 Å². The first-order valence-electron chi connectivity index (χ1n) is 7.26. The van der Waals surface area contributed by atoms with Crippen LogP contribution in [0.2, 0.25) is 0 Å². The second-order valence-electron chi connectivity index (χ2n) is 5.33. The number of likely N-dealkylation sites (N-methyl/N-ethyl adjacent to an activating group) is 1. The van der Waals surface area contributed by atoms with Gasteiger partial charge in [0, 0.05) is 19.7 Å². The Morgan fingerprint density at radius 1 is 1.18 bits per heavy atom. The Kier molecular flexibility index (Phi) is 7.09. The van der Waals surface area contributed by atoms with Crippen molar-refractivity contribution in [2.45, 2.75) is 46.0 Å². The summed E-state index contributed by atoms with van der Waals surface area (Å²) in [7, 11) is 0. The van der Waals surface area contributed by atoms with Gasteiger partial charge in [-0.15, -0.1) is 0 Å². The van der Waals surface area contributed by atoms with Crippen molar-refractivity contribution in [2.24, 2.45) is 11.1 Å². The monoisotopic (exact) mass is 242 g/mol. The Morgan fingerprint density at radius 3 is 2.41 bits per heavy atom. The maximum Gasteiger partial charge on any atom is 0.0593 e. The summed E-state index contributed by atoms with van der Waals surface area (Å²) in [6, 6.07) is 0. The van der Waals surface area contributed by atoms with Crippen LogP contribution in [0.1, 0.15) is 46.0 Å². The van der Waals surface area contributed by atoms with Gasteiger partial charge >= 0.3 is 0 Å². The molecular formula is C14H30N2O. The van der Waals surface area contributed by atoms with Crippen LogP contribution in [0.15, 0.2) is 0 Å².